The molecule has 0 aliphatic heterocycles. The van der Waals surface area contributed by atoms with Crippen molar-refractivity contribution in [1.82, 2.24) is 4.98 Å². The molecule has 1 fully saturated rings. The van der Waals surface area contributed by atoms with E-state index < -0.39 is 5.97 Å². The standard InChI is InChI=1S/C14H16N2O3/c17-13(18)10-5-3-4-9(10)8-15-14-16-11-6-1-2-7-12(11)19-14/h1-2,6-7,9-10H,3-5,8H2,(H,15,16)(H,17,18). The fourth-order valence-electron chi connectivity index (χ4n) is 2.77. The van der Waals surface area contributed by atoms with Gasteiger partial charge in [-0.3, -0.25) is 4.79 Å². The Kier molecular flexibility index (Phi) is 3.11. The molecule has 2 aromatic rings. The van der Waals surface area contributed by atoms with Gasteiger partial charge in [0.15, 0.2) is 5.58 Å². The number of nitrogens with one attached hydrogen (secondary N) is 1. The molecular weight excluding hydrogens is 244 g/mol. The summed E-state index contributed by atoms with van der Waals surface area (Å²) >= 11 is 0. The van der Waals surface area contributed by atoms with Gasteiger partial charge in [0, 0.05) is 6.54 Å². The number of anilines is 1. The highest BCUT2D eigenvalue weighted by Crippen LogP contribution is 2.32. The topological polar surface area (TPSA) is 75.4 Å². The Morgan fingerprint density at radius 3 is 3.05 bits per heavy atom. The molecule has 0 saturated heterocycles. The van der Waals surface area contributed by atoms with Crippen molar-refractivity contribution in [2.45, 2.75) is 19.3 Å². The lowest BCUT2D eigenvalue weighted by Crippen LogP contribution is -2.24. The number of fused-ring (bicyclic) bond motifs is 1. The molecule has 1 aliphatic rings. The number of carbonyl (C=O) groups is 1. The first kappa shape index (κ1) is 12.0. The number of para-hydroxylation sites is 2. The van der Waals surface area contributed by atoms with Crippen LogP contribution in [0.4, 0.5) is 6.01 Å². The third-order valence-corrected chi connectivity index (χ3v) is 3.79. The van der Waals surface area contributed by atoms with Crippen LogP contribution in [0.2, 0.25) is 0 Å². The predicted molar refractivity (Wildman–Crippen MR) is 71.0 cm³/mol. The van der Waals surface area contributed by atoms with Crippen molar-refractivity contribution in [2.24, 2.45) is 11.8 Å². The van der Waals surface area contributed by atoms with Gasteiger partial charge in [0.1, 0.15) is 5.52 Å². The highest BCUT2D eigenvalue weighted by Gasteiger charge is 2.32. The number of carboxylic acids is 1. The minimum Gasteiger partial charge on any atom is -0.481 e. The second-order valence-corrected chi connectivity index (χ2v) is 5.00. The Hall–Kier alpha value is -2.04. The molecule has 5 heteroatoms. The van der Waals surface area contributed by atoms with Gasteiger partial charge in [0.05, 0.1) is 5.92 Å². The maximum Gasteiger partial charge on any atom is 0.306 e. The molecule has 2 N–H and O–H groups in total. The minimum atomic E-state index is -0.693. The molecule has 2 unspecified atom stereocenters. The molecule has 3 rings (SSSR count). The average molecular weight is 260 g/mol. The van der Waals surface area contributed by atoms with Crippen LogP contribution in [-0.4, -0.2) is 22.6 Å². The zero-order chi connectivity index (χ0) is 13.2. The van der Waals surface area contributed by atoms with Gasteiger partial charge in [-0.1, -0.05) is 18.6 Å². The monoisotopic (exact) mass is 260 g/mol. The summed E-state index contributed by atoms with van der Waals surface area (Å²) in [7, 11) is 0. The van der Waals surface area contributed by atoms with Crippen molar-refractivity contribution in [2.75, 3.05) is 11.9 Å². The first-order chi connectivity index (χ1) is 9.24. The van der Waals surface area contributed by atoms with E-state index in [2.05, 4.69) is 10.3 Å². The van der Waals surface area contributed by atoms with Gasteiger partial charge in [-0.25, -0.2) is 0 Å². The number of nitrogens with zero attached hydrogens (tertiary/aromatic N) is 1. The number of hydrogen-bond donors (Lipinski definition) is 2. The molecule has 1 aromatic carbocycles. The van der Waals surface area contributed by atoms with Crippen molar-refractivity contribution in [3.05, 3.63) is 24.3 Å². The number of benzene rings is 1. The summed E-state index contributed by atoms with van der Waals surface area (Å²) in [5.41, 5.74) is 1.55. The van der Waals surface area contributed by atoms with E-state index in [1.54, 1.807) is 0 Å². The largest absolute Gasteiger partial charge is 0.481 e. The van der Waals surface area contributed by atoms with Crippen LogP contribution in [0.1, 0.15) is 19.3 Å². The Morgan fingerprint density at radius 1 is 1.42 bits per heavy atom. The Labute approximate surface area is 110 Å². The first-order valence-electron chi connectivity index (χ1n) is 6.56. The van der Waals surface area contributed by atoms with Gasteiger partial charge in [-0.15, -0.1) is 0 Å². The van der Waals surface area contributed by atoms with E-state index in [1.807, 2.05) is 24.3 Å². The molecule has 100 valence electrons. The molecule has 0 radical (unpaired) electrons. The number of hydrogen-bond acceptors (Lipinski definition) is 4. The lowest BCUT2D eigenvalue weighted by Gasteiger charge is -2.15. The SMILES string of the molecule is O=C(O)C1CCCC1CNc1nc2ccccc2o1. The van der Waals surface area contributed by atoms with Gasteiger partial charge in [-0.05, 0) is 30.9 Å². The normalized spacial score (nSPS) is 22.7. The van der Waals surface area contributed by atoms with E-state index in [1.165, 1.54) is 0 Å². The summed E-state index contributed by atoms with van der Waals surface area (Å²) in [4.78, 5) is 15.4. The van der Waals surface area contributed by atoms with Crippen LogP contribution in [0, 0.1) is 11.8 Å². The molecule has 2 atom stereocenters. The van der Waals surface area contributed by atoms with Gasteiger partial charge < -0.3 is 14.8 Å². The fourth-order valence-corrected chi connectivity index (χ4v) is 2.77. The summed E-state index contributed by atoms with van der Waals surface area (Å²) in [5.74, 6) is -0.772. The van der Waals surface area contributed by atoms with Crippen LogP contribution in [0.15, 0.2) is 28.7 Å². The maximum absolute atomic E-state index is 11.1. The quantitative estimate of drug-likeness (QED) is 0.884. The van der Waals surface area contributed by atoms with Gasteiger partial charge in [0.25, 0.3) is 6.01 Å². The van der Waals surface area contributed by atoms with E-state index >= 15 is 0 Å². The highest BCUT2D eigenvalue weighted by molar-refractivity contribution is 5.74. The third kappa shape index (κ3) is 2.41. The fraction of sp³-hybridized carbons (Fsp3) is 0.429. The highest BCUT2D eigenvalue weighted by atomic mass is 16.4. The average Bonchev–Trinajstić information content (AvgIpc) is 3.02. The van der Waals surface area contributed by atoms with Crippen molar-refractivity contribution < 1.29 is 14.3 Å². The van der Waals surface area contributed by atoms with Crippen molar-refractivity contribution in [1.29, 1.82) is 0 Å². The molecule has 5 nitrogen and oxygen atoms in total. The Bertz CT molecular complexity index is 560. The molecule has 1 aromatic heterocycles. The van der Waals surface area contributed by atoms with Crippen LogP contribution in [0.3, 0.4) is 0 Å². The van der Waals surface area contributed by atoms with Gasteiger partial charge in [0.2, 0.25) is 0 Å². The summed E-state index contributed by atoms with van der Waals surface area (Å²) in [6, 6.07) is 8.03. The molecule has 0 bridgehead atoms. The summed E-state index contributed by atoms with van der Waals surface area (Å²) in [6.45, 7) is 0.601. The molecule has 1 heterocycles. The number of oxazole rings is 1. The van der Waals surface area contributed by atoms with Crippen LogP contribution in [0.25, 0.3) is 11.1 Å². The van der Waals surface area contributed by atoms with E-state index in [0.717, 1.165) is 30.4 Å². The molecule has 0 amide bonds. The Morgan fingerprint density at radius 2 is 2.26 bits per heavy atom. The zero-order valence-electron chi connectivity index (χ0n) is 10.5. The smallest absolute Gasteiger partial charge is 0.306 e. The minimum absolute atomic E-state index is 0.160. The lowest BCUT2D eigenvalue weighted by atomic mass is 9.96. The zero-order valence-corrected chi connectivity index (χ0v) is 10.5. The lowest BCUT2D eigenvalue weighted by molar-refractivity contribution is -0.142. The molecule has 19 heavy (non-hydrogen) atoms. The third-order valence-electron chi connectivity index (χ3n) is 3.79. The number of aromatic nitrogens is 1. The second kappa shape index (κ2) is 4.91. The number of aliphatic carboxylic acids is 1. The van der Waals surface area contributed by atoms with E-state index in [0.29, 0.717) is 12.6 Å². The van der Waals surface area contributed by atoms with Crippen molar-refractivity contribution >= 4 is 23.1 Å². The van der Waals surface area contributed by atoms with Crippen molar-refractivity contribution in [3.8, 4) is 0 Å². The van der Waals surface area contributed by atoms with Crippen LogP contribution in [0.5, 0.6) is 0 Å². The molecule has 1 aliphatic carbocycles. The first-order valence-corrected chi connectivity index (χ1v) is 6.56. The predicted octanol–water partition coefficient (Wildman–Crippen LogP) is 2.74. The number of rotatable bonds is 4. The summed E-state index contributed by atoms with van der Waals surface area (Å²) < 4.78 is 5.55. The Balaban J connectivity index is 1.67. The van der Waals surface area contributed by atoms with E-state index in [9.17, 15) is 4.79 Å². The van der Waals surface area contributed by atoms with Gasteiger partial charge in [-0.2, -0.15) is 4.98 Å². The van der Waals surface area contributed by atoms with Crippen LogP contribution < -0.4 is 5.32 Å². The second-order valence-electron chi connectivity index (χ2n) is 5.00. The van der Waals surface area contributed by atoms with E-state index in [-0.39, 0.29) is 11.8 Å². The molecule has 1 saturated carbocycles. The summed E-state index contributed by atoms with van der Waals surface area (Å²) in [6.07, 6.45) is 2.70. The summed E-state index contributed by atoms with van der Waals surface area (Å²) in [5, 5.41) is 12.2. The van der Waals surface area contributed by atoms with Crippen LogP contribution >= 0.6 is 0 Å². The van der Waals surface area contributed by atoms with E-state index in [4.69, 9.17) is 9.52 Å². The van der Waals surface area contributed by atoms with Crippen LogP contribution in [-0.2, 0) is 4.79 Å². The van der Waals surface area contributed by atoms with Crippen molar-refractivity contribution in [3.63, 3.8) is 0 Å². The van der Waals surface area contributed by atoms with Gasteiger partial charge >= 0.3 is 5.97 Å². The number of carboxylic acid groups (broad SMARTS) is 1. The molecular formula is C14H16N2O3. The maximum atomic E-state index is 11.1. The molecule has 0 spiro atoms.